The minimum Gasteiger partial charge on any atom is -0.444 e. The van der Waals surface area contributed by atoms with E-state index in [0.29, 0.717) is 42.1 Å². The molecule has 216 valence electrons. The number of fused-ring (bicyclic) bond motifs is 2. The largest absolute Gasteiger partial charge is 0.444 e. The Hall–Kier alpha value is -3.97. The standard InChI is InChI=1S/C29H27BrFN7O3S/c1-29(2,3)41-28(40)36-13-5-6-18(16-36)37(25-20-15-24(30)42-23(20)10-12-33-25)27(39)19-9-8-17(14-21(19)31)38-26-22(34-35-38)7-4-11-32-26/h4,7-12,14-15,18H,5-6,13,16H2,1-3H3/t18-/m1/s1. The van der Waals surface area contributed by atoms with Crippen molar-refractivity contribution in [1.82, 2.24) is 29.9 Å². The average Bonchev–Trinajstić information content (AvgIpc) is 3.55. The zero-order valence-electron chi connectivity index (χ0n) is 23.1. The third kappa shape index (κ3) is 5.45. The Morgan fingerprint density at radius 2 is 1.98 bits per heavy atom. The van der Waals surface area contributed by atoms with Gasteiger partial charge in [0.25, 0.3) is 5.91 Å². The van der Waals surface area contributed by atoms with Crippen molar-refractivity contribution in [2.75, 3.05) is 18.0 Å². The second-order valence-electron chi connectivity index (χ2n) is 11.0. The molecule has 0 unspecified atom stereocenters. The number of benzene rings is 1. The molecule has 0 spiro atoms. The van der Waals surface area contributed by atoms with Gasteiger partial charge in [0.2, 0.25) is 0 Å². The van der Waals surface area contributed by atoms with E-state index in [1.807, 2.05) is 32.9 Å². The highest BCUT2D eigenvalue weighted by atomic mass is 79.9. The number of ether oxygens (including phenoxy) is 1. The van der Waals surface area contributed by atoms with Crippen LogP contribution in [0.5, 0.6) is 0 Å². The van der Waals surface area contributed by atoms with Gasteiger partial charge < -0.3 is 9.64 Å². The summed E-state index contributed by atoms with van der Waals surface area (Å²) < 4.78 is 24.6. The molecule has 1 atom stereocenters. The predicted octanol–water partition coefficient (Wildman–Crippen LogP) is 6.37. The molecule has 0 bridgehead atoms. The lowest BCUT2D eigenvalue weighted by molar-refractivity contribution is 0.0196. The molecule has 13 heteroatoms. The van der Waals surface area contributed by atoms with E-state index in [1.54, 1.807) is 35.5 Å². The Kier molecular flexibility index (Phi) is 7.39. The molecule has 0 saturated carbocycles. The lowest BCUT2D eigenvalue weighted by atomic mass is 10.0. The van der Waals surface area contributed by atoms with E-state index in [9.17, 15) is 9.59 Å². The first-order valence-electron chi connectivity index (χ1n) is 13.4. The Bertz CT molecular complexity index is 1820. The molecule has 6 rings (SSSR count). The normalized spacial score (nSPS) is 15.7. The Labute approximate surface area is 253 Å². The smallest absolute Gasteiger partial charge is 0.410 e. The van der Waals surface area contributed by atoms with Crippen LogP contribution < -0.4 is 4.90 Å². The van der Waals surface area contributed by atoms with Gasteiger partial charge in [-0.15, -0.1) is 16.4 Å². The van der Waals surface area contributed by atoms with E-state index in [-0.39, 0.29) is 12.1 Å². The van der Waals surface area contributed by atoms with Crippen molar-refractivity contribution in [2.24, 2.45) is 0 Å². The maximum atomic E-state index is 15.8. The fourth-order valence-electron chi connectivity index (χ4n) is 5.08. The molecular formula is C29H27BrFN7O3S. The molecule has 5 aromatic rings. The monoisotopic (exact) mass is 651 g/mol. The fourth-order valence-corrected chi connectivity index (χ4v) is 6.61. The quantitative estimate of drug-likeness (QED) is 0.222. The first-order chi connectivity index (χ1) is 20.1. The van der Waals surface area contributed by atoms with E-state index >= 15 is 4.39 Å². The number of carbonyl (C=O) groups excluding carboxylic acids is 2. The minimum absolute atomic E-state index is 0.126. The van der Waals surface area contributed by atoms with Gasteiger partial charge in [-0.3, -0.25) is 9.69 Å². The molecule has 1 saturated heterocycles. The number of rotatable bonds is 4. The summed E-state index contributed by atoms with van der Waals surface area (Å²) in [4.78, 5) is 39.3. The van der Waals surface area contributed by atoms with Gasteiger partial charge in [0.05, 0.1) is 21.1 Å². The van der Waals surface area contributed by atoms with Gasteiger partial charge in [0, 0.05) is 41.6 Å². The predicted molar refractivity (Wildman–Crippen MR) is 162 cm³/mol. The molecular weight excluding hydrogens is 625 g/mol. The maximum absolute atomic E-state index is 15.8. The summed E-state index contributed by atoms with van der Waals surface area (Å²) in [6.07, 6.45) is 4.04. The molecule has 1 aliphatic rings. The topological polar surface area (TPSA) is 106 Å². The van der Waals surface area contributed by atoms with Gasteiger partial charge in [-0.1, -0.05) is 5.21 Å². The van der Waals surface area contributed by atoms with E-state index in [1.165, 1.54) is 33.1 Å². The van der Waals surface area contributed by atoms with Crippen molar-refractivity contribution in [3.8, 4) is 5.69 Å². The number of likely N-dealkylation sites (tertiary alicyclic amines) is 1. The van der Waals surface area contributed by atoms with Crippen molar-refractivity contribution in [2.45, 2.75) is 45.3 Å². The van der Waals surface area contributed by atoms with E-state index in [4.69, 9.17) is 4.74 Å². The van der Waals surface area contributed by atoms with Crippen LogP contribution in [0.1, 0.15) is 44.0 Å². The second-order valence-corrected chi connectivity index (χ2v) is 13.5. The molecule has 0 N–H and O–H groups in total. The number of hydrogen-bond acceptors (Lipinski definition) is 8. The van der Waals surface area contributed by atoms with E-state index < -0.39 is 29.5 Å². The molecule has 42 heavy (non-hydrogen) atoms. The highest BCUT2D eigenvalue weighted by Gasteiger charge is 2.36. The number of pyridine rings is 2. The summed E-state index contributed by atoms with van der Waals surface area (Å²) in [6, 6.07) is 11.1. The van der Waals surface area contributed by atoms with Gasteiger partial charge in [0.1, 0.15) is 22.8 Å². The number of nitrogens with zero attached hydrogens (tertiary/aromatic N) is 7. The summed E-state index contributed by atoms with van der Waals surface area (Å²) in [5.74, 6) is -0.870. The Morgan fingerprint density at radius 3 is 2.76 bits per heavy atom. The zero-order chi connectivity index (χ0) is 29.6. The number of halogens is 2. The van der Waals surface area contributed by atoms with Crippen LogP contribution in [0.2, 0.25) is 0 Å². The summed E-state index contributed by atoms with van der Waals surface area (Å²) in [5.41, 5.74) is 0.634. The van der Waals surface area contributed by atoms with Crippen molar-refractivity contribution < 1.29 is 18.7 Å². The molecule has 0 radical (unpaired) electrons. The molecule has 0 aliphatic carbocycles. The molecule has 1 aliphatic heterocycles. The maximum Gasteiger partial charge on any atom is 0.410 e. The van der Waals surface area contributed by atoms with Crippen LogP contribution in [0.4, 0.5) is 15.0 Å². The highest BCUT2D eigenvalue weighted by molar-refractivity contribution is 9.11. The van der Waals surface area contributed by atoms with Gasteiger partial charge >= 0.3 is 6.09 Å². The van der Waals surface area contributed by atoms with Crippen molar-refractivity contribution in [1.29, 1.82) is 0 Å². The molecule has 10 nitrogen and oxygen atoms in total. The third-order valence-electron chi connectivity index (χ3n) is 6.89. The summed E-state index contributed by atoms with van der Waals surface area (Å²) in [7, 11) is 0. The van der Waals surface area contributed by atoms with Gasteiger partial charge in [-0.05, 0) is 85.9 Å². The minimum atomic E-state index is -0.722. The molecule has 2 amide bonds. The van der Waals surface area contributed by atoms with Crippen LogP contribution in [-0.2, 0) is 4.74 Å². The first-order valence-corrected chi connectivity index (χ1v) is 15.0. The van der Waals surface area contributed by atoms with E-state index in [2.05, 4.69) is 36.2 Å². The average molecular weight is 653 g/mol. The lowest BCUT2D eigenvalue weighted by Gasteiger charge is -2.39. The van der Waals surface area contributed by atoms with Crippen molar-refractivity contribution in [3.63, 3.8) is 0 Å². The number of hydrogen-bond donors (Lipinski definition) is 0. The van der Waals surface area contributed by atoms with Gasteiger partial charge in [-0.2, -0.15) is 4.68 Å². The molecule has 1 fully saturated rings. The number of amides is 2. The molecule has 1 aromatic carbocycles. The summed E-state index contributed by atoms with van der Waals surface area (Å²) >= 11 is 5.05. The van der Waals surface area contributed by atoms with Crippen LogP contribution >= 0.6 is 27.3 Å². The Morgan fingerprint density at radius 1 is 1.14 bits per heavy atom. The van der Waals surface area contributed by atoms with Gasteiger partial charge in [-0.25, -0.2) is 19.2 Å². The summed E-state index contributed by atoms with van der Waals surface area (Å²) in [5, 5.41) is 8.95. The second kappa shape index (κ2) is 11.0. The van der Waals surface area contributed by atoms with Crippen LogP contribution in [0.15, 0.2) is 58.6 Å². The third-order valence-corrected chi connectivity index (χ3v) is 8.49. The van der Waals surface area contributed by atoms with Crippen LogP contribution in [-0.4, -0.2) is 66.6 Å². The number of piperidine rings is 1. The Balaban J connectivity index is 1.39. The SMILES string of the molecule is CC(C)(C)OC(=O)N1CCC[C@@H](N(C(=O)c2ccc(-n3nnc4cccnc43)cc2F)c2nccc3sc(Br)cc23)C1. The van der Waals surface area contributed by atoms with Crippen LogP contribution in [0, 0.1) is 5.82 Å². The summed E-state index contributed by atoms with van der Waals surface area (Å²) in [6.45, 7) is 6.15. The van der Waals surface area contributed by atoms with Crippen molar-refractivity contribution in [3.05, 3.63) is 70.0 Å². The van der Waals surface area contributed by atoms with Crippen LogP contribution in [0.3, 0.4) is 0 Å². The number of carbonyl (C=O) groups is 2. The van der Waals surface area contributed by atoms with Crippen molar-refractivity contribution >= 4 is 66.3 Å². The number of thiophene rings is 1. The van der Waals surface area contributed by atoms with E-state index in [0.717, 1.165) is 13.9 Å². The molecule has 5 heterocycles. The lowest BCUT2D eigenvalue weighted by Crippen LogP contribution is -2.53. The van der Waals surface area contributed by atoms with Crippen LogP contribution in [0.25, 0.3) is 26.9 Å². The highest BCUT2D eigenvalue weighted by Crippen LogP contribution is 2.37. The van der Waals surface area contributed by atoms with Gasteiger partial charge in [0.15, 0.2) is 5.65 Å². The zero-order valence-corrected chi connectivity index (χ0v) is 25.5. The number of aromatic nitrogens is 5. The first kappa shape index (κ1) is 28.2. The number of anilines is 1. The fraction of sp³-hybridized carbons (Fsp3) is 0.310. The molecule has 4 aromatic heterocycles.